The topological polar surface area (TPSA) is 64.8 Å². The molecule has 1 atom stereocenters. The van der Waals surface area contributed by atoms with Crippen molar-refractivity contribution in [1.82, 2.24) is 4.90 Å². The first-order valence-corrected chi connectivity index (χ1v) is 7.40. The Bertz CT molecular complexity index is 508. The number of rotatable bonds is 4. The lowest BCUT2D eigenvalue weighted by Gasteiger charge is -2.31. The van der Waals surface area contributed by atoms with Crippen LogP contribution in [0, 0.1) is 0 Å². The molecule has 1 fully saturated rings. The summed E-state index contributed by atoms with van der Waals surface area (Å²) < 4.78 is 11.0. The Morgan fingerprint density at radius 3 is 2.68 bits per heavy atom. The zero-order chi connectivity index (χ0) is 15.4. The molecule has 0 spiro atoms. The van der Waals surface area contributed by atoms with Gasteiger partial charge in [-0.25, -0.2) is 0 Å². The molecular formula is C16H25ClN2O3. The maximum Gasteiger partial charge on any atom is 0.254 e. The van der Waals surface area contributed by atoms with E-state index in [0.717, 1.165) is 19.4 Å². The van der Waals surface area contributed by atoms with E-state index in [-0.39, 0.29) is 30.5 Å². The minimum absolute atomic E-state index is 0. The zero-order valence-electron chi connectivity index (χ0n) is 13.4. The maximum atomic E-state index is 12.5. The highest BCUT2D eigenvalue weighted by atomic mass is 35.5. The summed E-state index contributed by atoms with van der Waals surface area (Å²) in [5.41, 5.74) is 6.55. The number of ether oxygens (including phenoxy) is 2. The van der Waals surface area contributed by atoms with Crippen LogP contribution >= 0.6 is 12.4 Å². The van der Waals surface area contributed by atoms with Gasteiger partial charge >= 0.3 is 0 Å². The van der Waals surface area contributed by atoms with E-state index in [9.17, 15) is 4.79 Å². The number of nitrogens with two attached hydrogens (primary N) is 1. The highest BCUT2D eigenvalue weighted by molar-refractivity contribution is 5.95. The van der Waals surface area contributed by atoms with Gasteiger partial charge < -0.3 is 20.1 Å². The molecule has 1 amide bonds. The standard InChI is InChI=1S/C16H24N2O3.ClH/c1-11(2)21-14-7-6-12(9-15(14)20-3)16(19)18-8-4-5-13(17)10-18;/h6-7,9,11,13H,4-5,8,10,17H2,1-3H3;1H. The smallest absolute Gasteiger partial charge is 0.254 e. The Labute approximate surface area is 138 Å². The summed E-state index contributed by atoms with van der Waals surface area (Å²) in [5, 5.41) is 0. The van der Waals surface area contributed by atoms with E-state index in [4.69, 9.17) is 15.2 Å². The Morgan fingerprint density at radius 2 is 2.09 bits per heavy atom. The Balaban J connectivity index is 0.00000242. The maximum absolute atomic E-state index is 12.5. The second-order valence-electron chi connectivity index (χ2n) is 5.69. The van der Waals surface area contributed by atoms with Crippen molar-refractivity contribution in [3.8, 4) is 11.5 Å². The fraction of sp³-hybridized carbons (Fsp3) is 0.562. The lowest BCUT2D eigenvalue weighted by Crippen LogP contribution is -2.45. The van der Waals surface area contributed by atoms with Gasteiger partial charge in [0.25, 0.3) is 5.91 Å². The largest absolute Gasteiger partial charge is 0.493 e. The molecule has 1 aromatic carbocycles. The molecule has 22 heavy (non-hydrogen) atoms. The van der Waals surface area contributed by atoms with Crippen LogP contribution in [0.25, 0.3) is 0 Å². The fourth-order valence-electron chi connectivity index (χ4n) is 2.53. The molecule has 2 N–H and O–H groups in total. The third kappa shape index (κ3) is 4.52. The summed E-state index contributed by atoms with van der Waals surface area (Å²) >= 11 is 0. The van der Waals surface area contributed by atoms with Crippen molar-refractivity contribution in [3.63, 3.8) is 0 Å². The van der Waals surface area contributed by atoms with E-state index < -0.39 is 0 Å². The van der Waals surface area contributed by atoms with Crippen molar-refractivity contribution < 1.29 is 14.3 Å². The predicted molar refractivity (Wildman–Crippen MR) is 89.1 cm³/mol. The number of methoxy groups -OCH3 is 1. The number of amides is 1. The zero-order valence-corrected chi connectivity index (χ0v) is 14.2. The molecule has 124 valence electrons. The third-order valence-electron chi connectivity index (χ3n) is 3.52. The van der Waals surface area contributed by atoms with E-state index >= 15 is 0 Å². The molecule has 1 unspecified atom stereocenters. The van der Waals surface area contributed by atoms with Gasteiger partial charge in [0.05, 0.1) is 13.2 Å². The van der Waals surface area contributed by atoms with E-state index in [0.29, 0.717) is 23.6 Å². The summed E-state index contributed by atoms with van der Waals surface area (Å²) in [6.07, 6.45) is 1.99. The lowest BCUT2D eigenvalue weighted by atomic mass is 10.1. The first-order valence-electron chi connectivity index (χ1n) is 7.40. The van der Waals surface area contributed by atoms with Crippen LogP contribution in [-0.4, -0.2) is 43.2 Å². The molecular weight excluding hydrogens is 304 g/mol. The number of halogens is 1. The Kier molecular flexibility index (Phi) is 6.97. The van der Waals surface area contributed by atoms with E-state index in [1.165, 1.54) is 0 Å². The number of likely N-dealkylation sites (tertiary alicyclic amines) is 1. The van der Waals surface area contributed by atoms with E-state index in [2.05, 4.69) is 0 Å². The molecule has 1 aliphatic rings. The molecule has 1 aromatic rings. The lowest BCUT2D eigenvalue weighted by molar-refractivity contribution is 0.0708. The molecule has 0 aliphatic carbocycles. The predicted octanol–water partition coefficient (Wildman–Crippen LogP) is 2.47. The van der Waals surface area contributed by atoms with Crippen LogP contribution in [-0.2, 0) is 0 Å². The van der Waals surface area contributed by atoms with Gasteiger partial charge in [-0.1, -0.05) is 0 Å². The molecule has 2 rings (SSSR count). The molecule has 1 saturated heterocycles. The monoisotopic (exact) mass is 328 g/mol. The molecule has 5 nitrogen and oxygen atoms in total. The minimum Gasteiger partial charge on any atom is -0.493 e. The Morgan fingerprint density at radius 1 is 1.36 bits per heavy atom. The quantitative estimate of drug-likeness (QED) is 0.922. The van der Waals surface area contributed by atoms with Gasteiger partial charge in [-0.3, -0.25) is 4.79 Å². The van der Waals surface area contributed by atoms with Crippen LogP contribution in [0.3, 0.4) is 0 Å². The minimum atomic E-state index is -0.000420. The normalized spacial score (nSPS) is 17.9. The van der Waals surface area contributed by atoms with E-state index in [1.807, 2.05) is 18.7 Å². The van der Waals surface area contributed by atoms with Gasteiger partial charge in [-0.05, 0) is 44.9 Å². The Hall–Kier alpha value is -1.46. The number of carbonyl (C=O) groups is 1. The van der Waals surface area contributed by atoms with Gasteiger partial charge in [0.15, 0.2) is 11.5 Å². The van der Waals surface area contributed by atoms with Gasteiger partial charge in [-0.2, -0.15) is 0 Å². The van der Waals surface area contributed by atoms with Gasteiger partial charge in [0.2, 0.25) is 0 Å². The number of piperidine rings is 1. The van der Waals surface area contributed by atoms with E-state index in [1.54, 1.807) is 25.3 Å². The highest BCUT2D eigenvalue weighted by Crippen LogP contribution is 2.29. The van der Waals surface area contributed by atoms with Crippen LogP contribution < -0.4 is 15.2 Å². The third-order valence-corrected chi connectivity index (χ3v) is 3.52. The second-order valence-corrected chi connectivity index (χ2v) is 5.69. The van der Waals surface area contributed by atoms with Gasteiger partial charge in [0, 0.05) is 24.7 Å². The van der Waals surface area contributed by atoms with Crippen molar-refractivity contribution in [2.75, 3.05) is 20.2 Å². The first-order chi connectivity index (χ1) is 10.0. The first kappa shape index (κ1) is 18.6. The summed E-state index contributed by atoms with van der Waals surface area (Å²) in [6.45, 7) is 5.28. The van der Waals surface area contributed by atoms with Crippen molar-refractivity contribution in [2.45, 2.75) is 38.8 Å². The van der Waals surface area contributed by atoms with Crippen molar-refractivity contribution in [2.24, 2.45) is 5.73 Å². The average molecular weight is 329 g/mol. The van der Waals surface area contributed by atoms with Crippen molar-refractivity contribution >= 4 is 18.3 Å². The molecule has 0 bridgehead atoms. The van der Waals surface area contributed by atoms with Crippen LogP contribution in [0.5, 0.6) is 11.5 Å². The van der Waals surface area contributed by atoms with Crippen LogP contribution in [0.15, 0.2) is 18.2 Å². The fourth-order valence-corrected chi connectivity index (χ4v) is 2.53. The highest BCUT2D eigenvalue weighted by Gasteiger charge is 2.23. The number of benzene rings is 1. The molecule has 1 heterocycles. The SMILES string of the molecule is COc1cc(C(=O)N2CCCC(N)C2)ccc1OC(C)C.Cl. The van der Waals surface area contributed by atoms with Crippen LogP contribution in [0.1, 0.15) is 37.0 Å². The van der Waals surface area contributed by atoms with Crippen LogP contribution in [0.2, 0.25) is 0 Å². The molecule has 0 aromatic heterocycles. The summed E-state index contributed by atoms with van der Waals surface area (Å²) in [7, 11) is 1.58. The number of hydrogen-bond donors (Lipinski definition) is 1. The number of nitrogens with zero attached hydrogens (tertiary/aromatic N) is 1. The van der Waals surface area contributed by atoms with Gasteiger partial charge in [-0.15, -0.1) is 12.4 Å². The summed E-state index contributed by atoms with van der Waals surface area (Å²) in [4.78, 5) is 14.3. The average Bonchev–Trinajstić information content (AvgIpc) is 2.46. The molecule has 1 aliphatic heterocycles. The number of carbonyl (C=O) groups excluding carboxylic acids is 1. The van der Waals surface area contributed by atoms with Crippen molar-refractivity contribution in [3.05, 3.63) is 23.8 Å². The van der Waals surface area contributed by atoms with Gasteiger partial charge in [0.1, 0.15) is 0 Å². The molecule has 0 radical (unpaired) electrons. The number of hydrogen-bond acceptors (Lipinski definition) is 4. The molecule has 0 saturated carbocycles. The molecule has 6 heteroatoms. The van der Waals surface area contributed by atoms with Crippen molar-refractivity contribution in [1.29, 1.82) is 0 Å². The summed E-state index contributed by atoms with van der Waals surface area (Å²) in [6, 6.07) is 5.38. The summed E-state index contributed by atoms with van der Waals surface area (Å²) in [5.74, 6) is 1.23. The second kappa shape index (κ2) is 8.25. The van der Waals surface area contributed by atoms with Crippen LogP contribution in [0.4, 0.5) is 0 Å².